The van der Waals surface area contributed by atoms with Gasteiger partial charge in [-0.3, -0.25) is 4.40 Å². The normalized spacial score (nSPS) is 11.4. The Morgan fingerprint density at radius 1 is 1.14 bits per heavy atom. The summed E-state index contributed by atoms with van der Waals surface area (Å²) in [4.78, 5) is 10.3. The van der Waals surface area contributed by atoms with Crippen LogP contribution >= 0.6 is 45.9 Å². The number of benzene rings is 1. The van der Waals surface area contributed by atoms with Crippen LogP contribution in [0.2, 0.25) is 10.0 Å². The van der Waals surface area contributed by atoms with E-state index in [4.69, 9.17) is 28.2 Å². The summed E-state index contributed by atoms with van der Waals surface area (Å²) in [5.41, 5.74) is 3.76. The molecular weight excluding hydrogens is 357 g/mol. The summed E-state index contributed by atoms with van der Waals surface area (Å²) < 4.78 is 2.08. The Hall–Kier alpha value is -1.40. The highest BCUT2D eigenvalue weighted by molar-refractivity contribution is 7.15. The van der Waals surface area contributed by atoms with Gasteiger partial charge in [0.1, 0.15) is 10.7 Å². The molecule has 110 valence electrons. The third kappa shape index (κ3) is 2.25. The molecule has 0 aliphatic rings. The van der Waals surface area contributed by atoms with E-state index >= 15 is 0 Å². The molecule has 0 saturated heterocycles. The largest absolute Gasteiger partial charge is 0.288 e. The highest BCUT2D eigenvalue weighted by Crippen LogP contribution is 2.35. The number of nitrogens with zero attached hydrogens (tertiary/aromatic N) is 3. The fraction of sp³-hybridized carbons (Fsp3) is 0.0667. The van der Waals surface area contributed by atoms with Gasteiger partial charge in [-0.1, -0.05) is 23.2 Å². The van der Waals surface area contributed by atoms with Crippen molar-refractivity contribution in [1.82, 2.24) is 14.4 Å². The van der Waals surface area contributed by atoms with Crippen LogP contribution in [0.4, 0.5) is 0 Å². The lowest BCUT2D eigenvalue weighted by Gasteiger charge is -2.01. The predicted molar refractivity (Wildman–Crippen MR) is 94.4 cm³/mol. The van der Waals surface area contributed by atoms with Gasteiger partial charge in [0, 0.05) is 27.5 Å². The van der Waals surface area contributed by atoms with Crippen molar-refractivity contribution in [3.05, 3.63) is 50.9 Å². The number of fused-ring (bicyclic) bond motifs is 1. The number of thiazole rings is 2. The van der Waals surface area contributed by atoms with Crippen LogP contribution in [0.5, 0.6) is 0 Å². The Kier molecular flexibility index (Phi) is 3.46. The number of imidazole rings is 1. The molecule has 4 aromatic rings. The fourth-order valence-electron chi connectivity index (χ4n) is 2.36. The zero-order valence-corrected chi connectivity index (χ0v) is 14.5. The summed E-state index contributed by atoms with van der Waals surface area (Å²) in [6.45, 7) is 2.01. The number of rotatable bonds is 2. The third-order valence-corrected chi connectivity index (χ3v) is 5.50. The number of hydrogen-bond donors (Lipinski definition) is 0. The Morgan fingerprint density at radius 2 is 2.00 bits per heavy atom. The average molecular weight is 366 g/mol. The van der Waals surface area contributed by atoms with Crippen LogP contribution in [0.1, 0.15) is 5.69 Å². The van der Waals surface area contributed by atoms with Crippen molar-refractivity contribution in [3.63, 3.8) is 0 Å². The lowest BCUT2D eigenvalue weighted by atomic mass is 10.2. The van der Waals surface area contributed by atoms with Crippen LogP contribution in [-0.4, -0.2) is 14.4 Å². The zero-order chi connectivity index (χ0) is 15.3. The van der Waals surface area contributed by atoms with Gasteiger partial charge >= 0.3 is 0 Å². The van der Waals surface area contributed by atoms with Crippen molar-refractivity contribution < 1.29 is 0 Å². The second-order valence-corrected chi connectivity index (χ2v) is 7.34. The molecule has 0 unspecified atom stereocenters. The van der Waals surface area contributed by atoms with Crippen molar-refractivity contribution in [3.8, 4) is 22.0 Å². The maximum absolute atomic E-state index is 6.27. The summed E-state index contributed by atoms with van der Waals surface area (Å²) in [5.74, 6) is 0. The van der Waals surface area contributed by atoms with Gasteiger partial charge in [0.15, 0.2) is 4.96 Å². The lowest BCUT2D eigenvalue weighted by molar-refractivity contribution is 1.21. The van der Waals surface area contributed by atoms with E-state index in [1.807, 2.05) is 36.0 Å². The van der Waals surface area contributed by atoms with Crippen LogP contribution in [0.3, 0.4) is 0 Å². The second-order valence-electron chi connectivity index (χ2n) is 4.76. The first-order chi connectivity index (χ1) is 10.6. The second kappa shape index (κ2) is 5.35. The molecule has 0 spiro atoms. The van der Waals surface area contributed by atoms with Gasteiger partial charge in [-0.15, -0.1) is 22.7 Å². The molecule has 0 fully saturated rings. The van der Waals surface area contributed by atoms with Crippen LogP contribution in [-0.2, 0) is 0 Å². The summed E-state index contributed by atoms with van der Waals surface area (Å²) >= 11 is 15.4. The van der Waals surface area contributed by atoms with Crippen LogP contribution in [0, 0.1) is 6.92 Å². The number of aryl methyl sites for hydroxylation is 1. The number of aromatic nitrogens is 3. The molecule has 22 heavy (non-hydrogen) atoms. The van der Waals surface area contributed by atoms with Crippen molar-refractivity contribution in [2.45, 2.75) is 6.92 Å². The van der Waals surface area contributed by atoms with E-state index < -0.39 is 0 Å². The topological polar surface area (TPSA) is 30.2 Å². The first-order valence-electron chi connectivity index (χ1n) is 6.47. The zero-order valence-electron chi connectivity index (χ0n) is 11.4. The van der Waals surface area contributed by atoms with Crippen molar-refractivity contribution in [2.24, 2.45) is 0 Å². The standard InChI is InChI=1S/C15H9Cl2N3S2/c1-8-13(20-4-5-21-15(20)18-8)14-19-12(7-22-14)10-3-2-9(16)6-11(10)17/h2-7H,1H3. The Balaban J connectivity index is 1.84. The van der Waals surface area contributed by atoms with Gasteiger partial charge in [-0.05, 0) is 25.1 Å². The van der Waals surface area contributed by atoms with E-state index in [0.29, 0.717) is 10.0 Å². The van der Waals surface area contributed by atoms with E-state index in [1.165, 1.54) is 0 Å². The lowest BCUT2D eigenvalue weighted by Crippen LogP contribution is -1.86. The average Bonchev–Trinajstić information content (AvgIpc) is 3.14. The summed E-state index contributed by atoms with van der Waals surface area (Å²) in [6, 6.07) is 5.45. The van der Waals surface area contributed by atoms with Gasteiger partial charge in [-0.2, -0.15) is 0 Å². The summed E-state index contributed by atoms with van der Waals surface area (Å²) in [5, 5.41) is 6.20. The molecule has 7 heteroatoms. The van der Waals surface area contributed by atoms with Gasteiger partial charge < -0.3 is 0 Å². The maximum Gasteiger partial charge on any atom is 0.194 e. The number of halogens is 2. The molecular formula is C15H9Cl2N3S2. The van der Waals surface area contributed by atoms with Crippen molar-refractivity contribution >= 4 is 50.8 Å². The molecule has 3 heterocycles. The molecule has 0 radical (unpaired) electrons. The van der Waals surface area contributed by atoms with Gasteiger partial charge in [0.05, 0.1) is 16.4 Å². The molecule has 0 aliphatic heterocycles. The van der Waals surface area contributed by atoms with Gasteiger partial charge in [0.2, 0.25) is 0 Å². The fourth-order valence-corrected chi connectivity index (χ4v) is 4.53. The molecule has 0 amide bonds. The first-order valence-corrected chi connectivity index (χ1v) is 8.98. The third-order valence-electron chi connectivity index (χ3n) is 3.35. The molecule has 0 aliphatic carbocycles. The van der Waals surface area contributed by atoms with Crippen molar-refractivity contribution in [2.75, 3.05) is 0 Å². The SMILES string of the molecule is Cc1nc2sccn2c1-c1nc(-c2ccc(Cl)cc2Cl)cs1. The molecule has 3 aromatic heterocycles. The highest BCUT2D eigenvalue weighted by atomic mass is 35.5. The van der Waals surface area contributed by atoms with Crippen LogP contribution in [0.25, 0.3) is 26.9 Å². The quantitative estimate of drug-likeness (QED) is 0.449. The Morgan fingerprint density at radius 3 is 2.82 bits per heavy atom. The smallest absolute Gasteiger partial charge is 0.194 e. The predicted octanol–water partition coefficient (Wildman–Crippen LogP) is 5.80. The minimum atomic E-state index is 0.607. The van der Waals surface area contributed by atoms with Crippen LogP contribution < -0.4 is 0 Å². The van der Waals surface area contributed by atoms with E-state index in [2.05, 4.69) is 9.38 Å². The first kappa shape index (κ1) is 14.2. The minimum absolute atomic E-state index is 0.607. The summed E-state index contributed by atoms with van der Waals surface area (Å²) in [7, 11) is 0. The maximum atomic E-state index is 6.27. The van der Waals surface area contributed by atoms with E-state index in [9.17, 15) is 0 Å². The molecule has 0 atom stereocenters. The molecule has 4 rings (SSSR count). The van der Waals surface area contributed by atoms with E-state index in [-0.39, 0.29) is 0 Å². The molecule has 0 saturated carbocycles. The highest BCUT2D eigenvalue weighted by Gasteiger charge is 2.16. The Labute approximate surface area is 144 Å². The van der Waals surface area contributed by atoms with Gasteiger partial charge in [-0.25, -0.2) is 9.97 Å². The van der Waals surface area contributed by atoms with E-state index in [1.54, 1.807) is 28.7 Å². The molecule has 3 nitrogen and oxygen atoms in total. The Bertz CT molecular complexity index is 984. The summed E-state index contributed by atoms with van der Waals surface area (Å²) in [6.07, 6.45) is 2.02. The monoisotopic (exact) mass is 365 g/mol. The number of hydrogen-bond acceptors (Lipinski definition) is 4. The molecule has 0 N–H and O–H groups in total. The van der Waals surface area contributed by atoms with Crippen molar-refractivity contribution in [1.29, 1.82) is 0 Å². The van der Waals surface area contributed by atoms with Crippen LogP contribution in [0.15, 0.2) is 35.2 Å². The molecule has 1 aromatic carbocycles. The molecule has 0 bridgehead atoms. The van der Waals surface area contributed by atoms with Gasteiger partial charge in [0.25, 0.3) is 0 Å². The minimum Gasteiger partial charge on any atom is -0.288 e. The van der Waals surface area contributed by atoms with E-state index in [0.717, 1.165) is 32.6 Å².